The van der Waals surface area contributed by atoms with Crippen LogP contribution < -0.4 is 14.4 Å². The van der Waals surface area contributed by atoms with Gasteiger partial charge in [-0.25, -0.2) is 8.42 Å². The molecule has 0 heterocycles. The van der Waals surface area contributed by atoms with Crippen molar-refractivity contribution in [1.29, 1.82) is 0 Å². The number of nitrogens with zero attached hydrogens (tertiary/aromatic N) is 2. The minimum atomic E-state index is -4.16. The largest absolute Gasteiger partial charge is 0.497 e. The van der Waals surface area contributed by atoms with Crippen LogP contribution in [0.15, 0.2) is 77.7 Å². The van der Waals surface area contributed by atoms with E-state index >= 15 is 0 Å². The summed E-state index contributed by atoms with van der Waals surface area (Å²) in [4.78, 5) is 29.4. The summed E-state index contributed by atoms with van der Waals surface area (Å²) in [7, 11) is -2.64. The summed E-state index contributed by atoms with van der Waals surface area (Å²) in [5.41, 5.74) is 0.945. The quantitative estimate of drug-likeness (QED) is 0.244. The third-order valence-corrected chi connectivity index (χ3v) is 10.2. The van der Waals surface area contributed by atoms with Gasteiger partial charge in [-0.05, 0) is 73.4 Å². The van der Waals surface area contributed by atoms with E-state index in [2.05, 4.69) is 5.32 Å². The van der Waals surface area contributed by atoms with Crippen molar-refractivity contribution >= 4 is 50.7 Å². The van der Waals surface area contributed by atoms with Crippen LogP contribution >= 0.6 is 23.2 Å². The summed E-state index contributed by atoms with van der Waals surface area (Å²) >= 11 is 12.4. The summed E-state index contributed by atoms with van der Waals surface area (Å²) in [6.07, 6.45) is 5.35. The molecule has 43 heavy (non-hydrogen) atoms. The number of amides is 2. The molecule has 1 unspecified atom stereocenters. The first-order valence-corrected chi connectivity index (χ1v) is 16.6. The van der Waals surface area contributed by atoms with Crippen molar-refractivity contribution in [3.8, 4) is 5.75 Å². The Labute approximate surface area is 264 Å². The first kappa shape index (κ1) is 32.6. The smallest absolute Gasteiger partial charge is 0.264 e. The molecule has 4 rings (SSSR count). The molecule has 0 aliphatic heterocycles. The van der Waals surface area contributed by atoms with Gasteiger partial charge >= 0.3 is 0 Å². The third-order valence-electron chi connectivity index (χ3n) is 7.64. The molecule has 0 bridgehead atoms. The molecule has 0 aromatic heterocycles. The molecule has 1 aliphatic rings. The van der Waals surface area contributed by atoms with Crippen LogP contribution in [-0.4, -0.2) is 50.9 Å². The third kappa shape index (κ3) is 8.22. The first-order valence-electron chi connectivity index (χ1n) is 14.4. The highest BCUT2D eigenvalue weighted by Crippen LogP contribution is 2.28. The van der Waals surface area contributed by atoms with Gasteiger partial charge in [0.2, 0.25) is 11.8 Å². The Morgan fingerprint density at radius 1 is 0.953 bits per heavy atom. The number of sulfonamides is 1. The van der Waals surface area contributed by atoms with Gasteiger partial charge in [-0.3, -0.25) is 13.9 Å². The van der Waals surface area contributed by atoms with Crippen molar-refractivity contribution < 1.29 is 22.7 Å². The van der Waals surface area contributed by atoms with E-state index in [1.54, 1.807) is 60.7 Å². The van der Waals surface area contributed by atoms with E-state index in [9.17, 15) is 18.0 Å². The van der Waals surface area contributed by atoms with Gasteiger partial charge in [-0.2, -0.15) is 0 Å². The van der Waals surface area contributed by atoms with Crippen molar-refractivity contribution in [2.45, 2.75) is 69.0 Å². The Morgan fingerprint density at radius 3 is 2.23 bits per heavy atom. The molecule has 1 fully saturated rings. The molecule has 3 aromatic rings. The highest BCUT2D eigenvalue weighted by atomic mass is 35.5. The predicted molar refractivity (Wildman–Crippen MR) is 170 cm³/mol. The lowest BCUT2D eigenvalue weighted by atomic mass is 9.95. The van der Waals surface area contributed by atoms with Crippen LogP contribution in [0.5, 0.6) is 5.75 Å². The van der Waals surface area contributed by atoms with E-state index in [1.807, 2.05) is 6.92 Å². The van der Waals surface area contributed by atoms with Crippen LogP contribution in [0.25, 0.3) is 0 Å². The van der Waals surface area contributed by atoms with Crippen molar-refractivity contribution in [2.75, 3.05) is 18.0 Å². The van der Waals surface area contributed by atoms with Crippen LogP contribution in [0.1, 0.15) is 51.0 Å². The Balaban J connectivity index is 1.71. The van der Waals surface area contributed by atoms with E-state index in [0.717, 1.165) is 36.4 Å². The van der Waals surface area contributed by atoms with Gasteiger partial charge in [0.1, 0.15) is 18.3 Å². The zero-order valence-electron chi connectivity index (χ0n) is 24.3. The number of carbonyl (C=O) groups excluding carboxylic acids is 2. The standard InChI is InChI=1S/C32H37Cl2N3O5S/c1-3-30(32(39)35-24-10-6-4-7-11-24)36(21-23-14-19-28(33)29(34)20-23)31(38)22-37(25-15-17-26(42-2)18-16-25)43(40,41)27-12-8-5-9-13-27/h5,8-9,12-20,24,30H,3-4,6-7,10-11,21-22H2,1-2H3,(H,35,39). The maximum Gasteiger partial charge on any atom is 0.264 e. The Morgan fingerprint density at radius 2 is 1.63 bits per heavy atom. The molecule has 230 valence electrons. The lowest BCUT2D eigenvalue weighted by molar-refractivity contribution is -0.140. The molecule has 0 radical (unpaired) electrons. The number of ether oxygens (including phenoxy) is 1. The van der Waals surface area contributed by atoms with Gasteiger partial charge in [0.25, 0.3) is 10.0 Å². The van der Waals surface area contributed by atoms with E-state index in [1.165, 1.54) is 24.1 Å². The molecular formula is C32H37Cl2N3O5S. The summed E-state index contributed by atoms with van der Waals surface area (Å²) in [6, 6.07) is 18.6. The number of hydrogen-bond acceptors (Lipinski definition) is 5. The second kappa shape index (κ2) is 14.9. The van der Waals surface area contributed by atoms with Crippen LogP contribution in [0.4, 0.5) is 5.69 Å². The predicted octanol–water partition coefficient (Wildman–Crippen LogP) is 6.45. The Kier molecular flexibility index (Phi) is 11.3. The van der Waals surface area contributed by atoms with E-state index in [0.29, 0.717) is 27.8 Å². The average Bonchev–Trinajstić information content (AvgIpc) is 3.02. The SMILES string of the molecule is CCC(C(=O)NC1CCCCC1)N(Cc1ccc(Cl)c(Cl)c1)C(=O)CN(c1ccc(OC)cc1)S(=O)(=O)c1ccccc1. The monoisotopic (exact) mass is 645 g/mol. The zero-order chi connectivity index (χ0) is 31.0. The molecule has 3 aromatic carbocycles. The number of rotatable bonds is 12. The van der Waals surface area contributed by atoms with Crippen molar-refractivity contribution in [3.63, 3.8) is 0 Å². The Bertz CT molecular complexity index is 1500. The second-order valence-electron chi connectivity index (χ2n) is 10.6. The maximum absolute atomic E-state index is 14.2. The van der Waals surface area contributed by atoms with Crippen molar-refractivity contribution in [2.24, 2.45) is 0 Å². The second-order valence-corrected chi connectivity index (χ2v) is 13.2. The lowest BCUT2D eigenvalue weighted by Crippen LogP contribution is -2.54. The molecule has 8 nitrogen and oxygen atoms in total. The fraction of sp³-hybridized carbons (Fsp3) is 0.375. The van der Waals surface area contributed by atoms with Crippen molar-refractivity contribution in [3.05, 3.63) is 88.4 Å². The fourth-order valence-corrected chi connectivity index (χ4v) is 7.05. The fourth-order valence-electron chi connectivity index (χ4n) is 5.30. The van der Waals surface area contributed by atoms with Gasteiger partial charge in [0.15, 0.2) is 0 Å². The summed E-state index contributed by atoms with van der Waals surface area (Å²) in [6.45, 7) is 1.34. The normalized spacial score (nSPS) is 14.5. The number of hydrogen-bond donors (Lipinski definition) is 1. The van der Waals surface area contributed by atoms with Crippen molar-refractivity contribution in [1.82, 2.24) is 10.2 Å². The number of anilines is 1. The topological polar surface area (TPSA) is 96.0 Å². The summed E-state index contributed by atoms with van der Waals surface area (Å²) in [5, 5.41) is 3.82. The minimum Gasteiger partial charge on any atom is -0.497 e. The number of halogens is 2. The molecule has 0 spiro atoms. The Hall–Kier alpha value is -3.27. The molecule has 0 saturated heterocycles. The van der Waals surface area contributed by atoms with Crippen LogP contribution in [0.3, 0.4) is 0 Å². The molecule has 1 atom stereocenters. The zero-order valence-corrected chi connectivity index (χ0v) is 26.7. The molecule has 1 aliphatic carbocycles. The van der Waals surface area contributed by atoms with E-state index < -0.39 is 28.5 Å². The average molecular weight is 647 g/mol. The van der Waals surface area contributed by atoms with E-state index in [-0.39, 0.29) is 29.1 Å². The first-order chi connectivity index (χ1) is 20.6. The maximum atomic E-state index is 14.2. The van der Waals surface area contributed by atoms with Crippen LogP contribution in [0.2, 0.25) is 10.0 Å². The number of nitrogens with one attached hydrogen (secondary N) is 1. The van der Waals surface area contributed by atoms with E-state index in [4.69, 9.17) is 27.9 Å². The summed E-state index contributed by atoms with van der Waals surface area (Å²) < 4.78 is 34.2. The van der Waals surface area contributed by atoms with Gasteiger partial charge in [0.05, 0.1) is 27.7 Å². The lowest BCUT2D eigenvalue weighted by Gasteiger charge is -2.34. The molecule has 1 saturated carbocycles. The highest BCUT2D eigenvalue weighted by Gasteiger charge is 2.34. The summed E-state index contributed by atoms with van der Waals surface area (Å²) in [5.74, 6) is -0.254. The number of carbonyl (C=O) groups is 2. The van der Waals surface area contributed by atoms with Gasteiger partial charge < -0.3 is 15.0 Å². The highest BCUT2D eigenvalue weighted by molar-refractivity contribution is 7.92. The van der Waals surface area contributed by atoms with Crippen LogP contribution in [0, 0.1) is 0 Å². The number of benzene rings is 3. The van der Waals surface area contributed by atoms with Crippen LogP contribution in [-0.2, 0) is 26.2 Å². The number of methoxy groups -OCH3 is 1. The molecule has 1 N–H and O–H groups in total. The van der Waals surface area contributed by atoms with Gasteiger partial charge in [-0.15, -0.1) is 0 Å². The molecular weight excluding hydrogens is 609 g/mol. The van der Waals surface area contributed by atoms with Gasteiger partial charge in [-0.1, -0.05) is 73.7 Å². The molecule has 11 heteroatoms. The minimum absolute atomic E-state index is 0.0359. The molecule has 2 amide bonds. The van der Waals surface area contributed by atoms with Gasteiger partial charge in [0, 0.05) is 12.6 Å².